The van der Waals surface area contributed by atoms with Crippen LogP contribution in [0.3, 0.4) is 0 Å². The molecule has 0 saturated carbocycles. The van der Waals surface area contributed by atoms with Crippen LogP contribution in [0.1, 0.15) is 21.5 Å². The topological polar surface area (TPSA) is 72.2 Å². The van der Waals surface area contributed by atoms with Gasteiger partial charge in [-0.15, -0.1) is 0 Å². The summed E-state index contributed by atoms with van der Waals surface area (Å²) < 4.78 is 13.6. The van der Waals surface area contributed by atoms with Gasteiger partial charge >= 0.3 is 0 Å². The van der Waals surface area contributed by atoms with Crippen LogP contribution in [0, 0.1) is 22.9 Å². The van der Waals surface area contributed by atoms with Crippen molar-refractivity contribution in [1.82, 2.24) is 5.32 Å². The zero-order valence-electron chi connectivity index (χ0n) is 11.6. The molecule has 0 saturated heterocycles. The minimum atomic E-state index is -0.631. The first-order valence-corrected chi connectivity index (χ1v) is 6.73. The van der Waals surface area contributed by atoms with Crippen molar-refractivity contribution in [3.63, 3.8) is 0 Å². The Labute approximate surface area is 130 Å². The molecule has 22 heavy (non-hydrogen) atoms. The van der Waals surface area contributed by atoms with Gasteiger partial charge in [0.25, 0.3) is 11.6 Å². The standard InChI is InChI=1S/C15H12ClFN2O3/c1-9-2-5-14(17)12(6-9)15(20)18-8-10-7-11(19(21)22)3-4-13(10)16/h2-7H,8H2,1H3,(H,18,20). The second kappa shape index (κ2) is 6.53. The number of non-ortho nitro benzene ring substituents is 1. The van der Waals surface area contributed by atoms with Crippen LogP contribution in [0.2, 0.25) is 5.02 Å². The third kappa shape index (κ3) is 3.59. The van der Waals surface area contributed by atoms with Gasteiger partial charge in [-0.25, -0.2) is 4.39 Å². The number of benzene rings is 2. The van der Waals surface area contributed by atoms with Gasteiger partial charge in [0.05, 0.1) is 10.5 Å². The third-order valence-electron chi connectivity index (χ3n) is 3.05. The quantitative estimate of drug-likeness (QED) is 0.690. The second-order valence-electron chi connectivity index (χ2n) is 4.70. The van der Waals surface area contributed by atoms with E-state index in [0.717, 1.165) is 5.56 Å². The number of carbonyl (C=O) groups is 1. The van der Waals surface area contributed by atoms with E-state index in [-0.39, 0.29) is 22.8 Å². The van der Waals surface area contributed by atoms with E-state index < -0.39 is 16.6 Å². The lowest BCUT2D eigenvalue weighted by Crippen LogP contribution is -2.24. The Balaban J connectivity index is 2.16. The second-order valence-corrected chi connectivity index (χ2v) is 5.11. The van der Waals surface area contributed by atoms with Crippen LogP contribution >= 0.6 is 11.6 Å². The maximum absolute atomic E-state index is 13.6. The Morgan fingerprint density at radius 1 is 1.32 bits per heavy atom. The number of hydrogen-bond donors (Lipinski definition) is 1. The Morgan fingerprint density at radius 3 is 2.73 bits per heavy atom. The molecule has 0 aliphatic heterocycles. The van der Waals surface area contributed by atoms with Crippen molar-refractivity contribution in [1.29, 1.82) is 0 Å². The van der Waals surface area contributed by atoms with Crippen molar-refractivity contribution in [2.24, 2.45) is 0 Å². The van der Waals surface area contributed by atoms with Crippen LogP contribution in [0.25, 0.3) is 0 Å². The lowest BCUT2D eigenvalue weighted by molar-refractivity contribution is -0.384. The summed E-state index contributed by atoms with van der Waals surface area (Å²) in [5.74, 6) is -1.24. The summed E-state index contributed by atoms with van der Waals surface area (Å²) in [7, 11) is 0. The molecule has 0 spiro atoms. The highest BCUT2D eigenvalue weighted by Gasteiger charge is 2.14. The molecule has 2 rings (SSSR count). The summed E-state index contributed by atoms with van der Waals surface area (Å²) in [5.41, 5.74) is 0.925. The van der Waals surface area contributed by atoms with E-state index in [1.807, 2.05) is 0 Å². The van der Waals surface area contributed by atoms with Gasteiger partial charge in [-0.05, 0) is 30.7 Å². The highest BCUT2D eigenvalue weighted by molar-refractivity contribution is 6.31. The van der Waals surface area contributed by atoms with Crippen molar-refractivity contribution in [2.45, 2.75) is 13.5 Å². The van der Waals surface area contributed by atoms with E-state index in [1.54, 1.807) is 13.0 Å². The number of amides is 1. The third-order valence-corrected chi connectivity index (χ3v) is 3.41. The number of nitro benzene ring substituents is 1. The molecule has 0 fully saturated rings. The average Bonchev–Trinajstić information content (AvgIpc) is 2.48. The van der Waals surface area contributed by atoms with Gasteiger partial charge in [0.1, 0.15) is 5.82 Å². The predicted octanol–water partition coefficient (Wildman–Crippen LogP) is 3.63. The number of hydrogen-bond acceptors (Lipinski definition) is 3. The highest BCUT2D eigenvalue weighted by Crippen LogP contribution is 2.22. The van der Waals surface area contributed by atoms with E-state index in [0.29, 0.717) is 5.56 Å². The van der Waals surface area contributed by atoms with E-state index in [4.69, 9.17) is 11.6 Å². The van der Waals surface area contributed by atoms with E-state index in [1.165, 1.54) is 30.3 Å². The zero-order valence-corrected chi connectivity index (χ0v) is 12.4. The number of halogens is 2. The molecular weight excluding hydrogens is 311 g/mol. The summed E-state index contributed by atoms with van der Waals surface area (Å²) in [6.07, 6.45) is 0. The average molecular weight is 323 g/mol. The summed E-state index contributed by atoms with van der Waals surface area (Å²) >= 11 is 5.94. The van der Waals surface area contributed by atoms with Gasteiger partial charge in [0.15, 0.2) is 0 Å². The molecule has 0 heterocycles. The van der Waals surface area contributed by atoms with Gasteiger partial charge < -0.3 is 5.32 Å². The van der Waals surface area contributed by atoms with Crippen LogP contribution in [0.5, 0.6) is 0 Å². The molecule has 0 aromatic heterocycles. The van der Waals surface area contributed by atoms with Gasteiger partial charge in [0, 0.05) is 23.7 Å². The van der Waals surface area contributed by atoms with Gasteiger partial charge in [-0.2, -0.15) is 0 Å². The SMILES string of the molecule is Cc1ccc(F)c(C(=O)NCc2cc([N+](=O)[O-])ccc2Cl)c1. The molecule has 0 unspecified atom stereocenters. The predicted molar refractivity (Wildman–Crippen MR) is 80.4 cm³/mol. The van der Waals surface area contributed by atoms with Crippen LogP contribution in [-0.2, 0) is 6.54 Å². The Hall–Kier alpha value is -2.47. The fourth-order valence-electron chi connectivity index (χ4n) is 1.89. The number of nitro groups is 1. The number of nitrogens with zero attached hydrogens (tertiary/aromatic N) is 1. The molecule has 1 N–H and O–H groups in total. The summed E-state index contributed by atoms with van der Waals surface area (Å²) in [4.78, 5) is 22.2. The maximum Gasteiger partial charge on any atom is 0.269 e. The molecule has 2 aromatic rings. The van der Waals surface area contributed by atoms with Crippen LogP contribution < -0.4 is 5.32 Å². The maximum atomic E-state index is 13.6. The first kappa shape index (κ1) is 15.9. The molecule has 0 aliphatic rings. The summed E-state index contributed by atoms with van der Waals surface area (Å²) in [6.45, 7) is 1.71. The van der Waals surface area contributed by atoms with Crippen molar-refractivity contribution >= 4 is 23.2 Å². The molecular formula is C15H12ClFN2O3. The number of aryl methyl sites for hydroxylation is 1. The smallest absolute Gasteiger partial charge is 0.269 e. The Bertz CT molecular complexity index is 750. The molecule has 5 nitrogen and oxygen atoms in total. The van der Waals surface area contributed by atoms with Crippen molar-refractivity contribution in [2.75, 3.05) is 0 Å². The lowest BCUT2D eigenvalue weighted by atomic mass is 10.1. The molecule has 0 atom stereocenters. The molecule has 1 amide bonds. The van der Waals surface area contributed by atoms with Gasteiger partial charge in [-0.3, -0.25) is 14.9 Å². The van der Waals surface area contributed by atoms with E-state index >= 15 is 0 Å². The Kier molecular flexibility index (Phi) is 4.72. The van der Waals surface area contributed by atoms with Crippen molar-refractivity contribution in [3.8, 4) is 0 Å². The molecule has 0 aliphatic carbocycles. The van der Waals surface area contributed by atoms with Crippen molar-refractivity contribution < 1.29 is 14.1 Å². The highest BCUT2D eigenvalue weighted by atomic mass is 35.5. The summed E-state index contributed by atoms with van der Waals surface area (Å²) in [5, 5.41) is 13.5. The van der Waals surface area contributed by atoms with Gasteiger partial charge in [-0.1, -0.05) is 23.2 Å². The van der Waals surface area contributed by atoms with Gasteiger partial charge in [0.2, 0.25) is 0 Å². The lowest BCUT2D eigenvalue weighted by Gasteiger charge is -2.08. The fraction of sp³-hybridized carbons (Fsp3) is 0.133. The van der Waals surface area contributed by atoms with E-state index in [9.17, 15) is 19.3 Å². The number of carbonyl (C=O) groups excluding carboxylic acids is 1. The number of nitrogens with one attached hydrogen (secondary N) is 1. The molecule has 114 valence electrons. The first-order chi connectivity index (χ1) is 10.4. The monoisotopic (exact) mass is 322 g/mol. The largest absolute Gasteiger partial charge is 0.348 e. The minimum Gasteiger partial charge on any atom is -0.348 e. The molecule has 2 aromatic carbocycles. The first-order valence-electron chi connectivity index (χ1n) is 6.35. The van der Waals surface area contributed by atoms with Crippen molar-refractivity contribution in [3.05, 3.63) is 74.0 Å². The van der Waals surface area contributed by atoms with Crippen LogP contribution in [0.15, 0.2) is 36.4 Å². The summed E-state index contributed by atoms with van der Waals surface area (Å²) in [6, 6.07) is 8.13. The number of rotatable bonds is 4. The molecule has 7 heteroatoms. The minimum absolute atomic E-state index is 0.0350. The fourth-order valence-corrected chi connectivity index (χ4v) is 2.08. The van der Waals surface area contributed by atoms with E-state index in [2.05, 4.69) is 5.32 Å². The van der Waals surface area contributed by atoms with Crippen LogP contribution in [-0.4, -0.2) is 10.8 Å². The molecule has 0 radical (unpaired) electrons. The normalized spacial score (nSPS) is 10.3. The Morgan fingerprint density at radius 2 is 2.05 bits per heavy atom. The molecule has 0 bridgehead atoms. The van der Waals surface area contributed by atoms with Crippen LogP contribution in [0.4, 0.5) is 10.1 Å². The zero-order chi connectivity index (χ0) is 16.3.